The predicted octanol–water partition coefficient (Wildman–Crippen LogP) is 0.787. The molecule has 3 heterocycles. The van der Waals surface area contributed by atoms with Gasteiger partial charge in [0.15, 0.2) is 0 Å². The van der Waals surface area contributed by atoms with Gasteiger partial charge in [0.1, 0.15) is 18.3 Å². The van der Waals surface area contributed by atoms with Crippen molar-refractivity contribution >= 4 is 5.91 Å². The highest BCUT2D eigenvalue weighted by molar-refractivity contribution is 5.92. The quantitative estimate of drug-likeness (QED) is 0.865. The number of aryl methyl sites for hydroxylation is 1. The number of carbonyl (C=O) groups excluding carboxylic acids is 1. The zero-order chi connectivity index (χ0) is 13.2. The van der Waals surface area contributed by atoms with Crippen molar-refractivity contribution in [2.24, 2.45) is 0 Å². The molecular formula is C12H16N6O. The van der Waals surface area contributed by atoms with E-state index in [-0.39, 0.29) is 11.9 Å². The summed E-state index contributed by atoms with van der Waals surface area (Å²) in [7, 11) is 0. The number of nitrogens with zero attached hydrogens (tertiary/aromatic N) is 5. The number of likely N-dealkylation sites (tertiary alicyclic amines) is 1. The molecule has 1 saturated heterocycles. The van der Waals surface area contributed by atoms with Crippen LogP contribution in [0.1, 0.15) is 35.1 Å². The molecule has 19 heavy (non-hydrogen) atoms. The number of nitrogens with one attached hydrogen (secondary N) is 1. The van der Waals surface area contributed by atoms with E-state index in [1.165, 1.54) is 6.33 Å². The molecule has 0 aliphatic carbocycles. The van der Waals surface area contributed by atoms with Gasteiger partial charge in [0.25, 0.3) is 5.91 Å². The Labute approximate surface area is 110 Å². The van der Waals surface area contributed by atoms with Gasteiger partial charge in [-0.3, -0.25) is 9.89 Å². The first-order chi connectivity index (χ1) is 9.24. The summed E-state index contributed by atoms with van der Waals surface area (Å²) in [6, 6.07) is 1.99. The molecular weight excluding hydrogens is 244 g/mol. The fourth-order valence-electron chi connectivity index (χ4n) is 2.45. The van der Waals surface area contributed by atoms with Crippen LogP contribution < -0.4 is 0 Å². The Kier molecular flexibility index (Phi) is 3.02. The molecule has 0 saturated carbocycles. The van der Waals surface area contributed by atoms with E-state index >= 15 is 0 Å². The van der Waals surface area contributed by atoms with Gasteiger partial charge < -0.3 is 4.90 Å². The van der Waals surface area contributed by atoms with E-state index in [0.717, 1.165) is 25.1 Å². The predicted molar refractivity (Wildman–Crippen MR) is 67.5 cm³/mol. The van der Waals surface area contributed by atoms with Crippen molar-refractivity contribution in [2.75, 3.05) is 13.1 Å². The monoisotopic (exact) mass is 260 g/mol. The lowest BCUT2D eigenvalue weighted by Gasteiger charge is -2.32. The zero-order valence-corrected chi connectivity index (χ0v) is 10.8. The Morgan fingerprint density at radius 3 is 3.11 bits per heavy atom. The average molecular weight is 260 g/mol. The van der Waals surface area contributed by atoms with Crippen LogP contribution in [0, 0.1) is 6.92 Å². The first-order valence-corrected chi connectivity index (χ1v) is 6.39. The second-order valence-electron chi connectivity index (χ2n) is 4.86. The highest BCUT2D eigenvalue weighted by Crippen LogP contribution is 2.21. The number of piperidine rings is 1. The van der Waals surface area contributed by atoms with Crippen molar-refractivity contribution in [3.05, 3.63) is 30.1 Å². The summed E-state index contributed by atoms with van der Waals surface area (Å²) in [5.74, 6) is -0.0193. The molecule has 1 aliphatic rings. The summed E-state index contributed by atoms with van der Waals surface area (Å²) in [6.07, 6.45) is 5.22. The second-order valence-corrected chi connectivity index (χ2v) is 4.86. The molecule has 0 spiro atoms. The minimum absolute atomic E-state index is 0.0193. The highest BCUT2D eigenvalue weighted by Gasteiger charge is 2.26. The van der Waals surface area contributed by atoms with E-state index in [2.05, 4.69) is 20.3 Å². The lowest BCUT2D eigenvalue weighted by atomic mass is 10.1. The maximum Gasteiger partial charge on any atom is 0.274 e. The van der Waals surface area contributed by atoms with Gasteiger partial charge in [-0.15, -0.1) is 0 Å². The Balaban J connectivity index is 1.73. The Bertz CT molecular complexity index is 561. The van der Waals surface area contributed by atoms with Crippen molar-refractivity contribution in [1.29, 1.82) is 0 Å². The maximum absolute atomic E-state index is 12.3. The van der Waals surface area contributed by atoms with Crippen molar-refractivity contribution in [3.63, 3.8) is 0 Å². The van der Waals surface area contributed by atoms with Crippen LogP contribution in [-0.2, 0) is 0 Å². The van der Waals surface area contributed by atoms with Crippen LogP contribution in [0.2, 0.25) is 0 Å². The smallest absolute Gasteiger partial charge is 0.274 e. The Morgan fingerprint density at radius 2 is 2.42 bits per heavy atom. The molecule has 1 fully saturated rings. The van der Waals surface area contributed by atoms with Gasteiger partial charge in [0.2, 0.25) is 0 Å². The van der Waals surface area contributed by atoms with E-state index in [4.69, 9.17) is 0 Å². The number of carbonyl (C=O) groups is 1. The third-order valence-corrected chi connectivity index (χ3v) is 3.42. The van der Waals surface area contributed by atoms with Gasteiger partial charge in [-0.2, -0.15) is 10.2 Å². The molecule has 0 radical (unpaired) electrons. The third-order valence-electron chi connectivity index (χ3n) is 3.42. The molecule has 1 amide bonds. The number of hydrogen-bond acceptors (Lipinski definition) is 4. The molecule has 0 unspecified atom stereocenters. The molecule has 100 valence electrons. The molecule has 7 nitrogen and oxygen atoms in total. The minimum Gasteiger partial charge on any atom is -0.335 e. The standard InChI is InChI=1S/C12H16N6O/c1-9-5-11(16-15-9)12(19)17-4-2-3-10(6-17)18-8-13-7-14-18/h5,7-8,10H,2-4,6H2,1H3,(H,15,16)/t10-/m1/s1. The van der Waals surface area contributed by atoms with Crippen molar-refractivity contribution in [3.8, 4) is 0 Å². The van der Waals surface area contributed by atoms with Crippen LogP contribution in [0.3, 0.4) is 0 Å². The van der Waals surface area contributed by atoms with Crippen LogP contribution in [0.15, 0.2) is 18.7 Å². The van der Waals surface area contributed by atoms with E-state index < -0.39 is 0 Å². The number of aromatic amines is 1. The largest absolute Gasteiger partial charge is 0.335 e. The van der Waals surface area contributed by atoms with E-state index in [0.29, 0.717) is 12.2 Å². The summed E-state index contributed by atoms with van der Waals surface area (Å²) in [5.41, 5.74) is 1.38. The van der Waals surface area contributed by atoms with E-state index in [1.54, 1.807) is 12.4 Å². The summed E-state index contributed by atoms with van der Waals surface area (Å²) in [5, 5.41) is 11.0. The zero-order valence-electron chi connectivity index (χ0n) is 10.8. The fourth-order valence-corrected chi connectivity index (χ4v) is 2.45. The normalized spacial score (nSPS) is 19.6. The van der Waals surface area contributed by atoms with E-state index in [1.807, 2.05) is 16.5 Å². The van der Waals surface area contributed by atoms with Gasteiger partial charge in [-0.1, -0.05) is 0 Å². The number of rotatable bonds is 2. The molecule has 7 heteroatoms. The number of aromatic nitrogens is 5. The third kappa shape index (κ3) is 2.35. The van der Waals surface area contributed by atoms with Crippen LogP contribution in [0.5, 0.6) is 0 Å². The minimum atomic E-state index is -0.0193. The molecule has 3 rings (SSSR count). The first-order valence-electron chi connectivity index (χ1n) is 6.39. The fraction of sp³-hybridized carbons (Fsp3) is 0.500. The highest BCUT2D eigenvalue weighted by atomic mass is 16.2. The number of amides is 1. The molecule has 1 atom stereocenters. The molecule has 0 bridgehead atoms. The number of H-pyrrole nitrogens is 1. The van der Waals surface area contributed by atoms with Gasteiger partial charge in [0.05, 0.1) is 6.04 Å². The summed E-state index contributed by atoms with van der Waals surface area (Å²) in [4.78, 5) is 18.1. The maximum atomic E-state index is 12.3. The van der Waals surface area contributed by atoms with Crippen LogP contribution in [0.25, 0.3) is 0 Å². The van der Waals surface area contributed by atoms with Crippen molar-refractivity contribution in [1.82, 2.24) is 29.9 Å². The lowest BCUT2D eigenvalue weighted by Crippen LogP contribution is -2.41. The van der Waals surface area contributed by atoms with Gasteiger partial charge in [-0.25, -0.2) is 9.67 Å². The molecule has 2 aromatic heterocycles. The Hall–Kier alpha value is -2.18. The van der Waals surface area contributed by atoms with Gasteiger partial charge >= 0.3 is 0 Å². The molecule has 1 N–H and O–H groups in total. The number of hydrogen-bond donors (Lipinski definition) is 1. The molecule has 2 aromatic rings. The van der Waals surface area contributed by atoms with Crippen LogP contribution in [-0.4, -0.2) is 48.9 Å². The van der Waals surface area contributed by atoms with E-state index in [9.17, 15) is 4.79 Å². The summed E-state index contributed by atoms with van der Waals surface area (Å²) < 4.78 is 1.83. The van der Waals surface area contributed by atoms with Crippen LogP contribution in [0.4, 0.5) is 0 Å². The van der Waals surface area contributed by atoms with Gasteiger partial charge in [0, 0.05) is 18.8 Å². The first kappa shape index (κ1) is 11.9. The topological polar surface area (TPSA) is 79.7 Å². The summed E-state index contributed by atoms with van der Waals surface area (Å²) in [6.45, 7) is 3.32. The van der Waals surface area contributed by atoms with Gasteiger partial charge in [-0.05, 0) is 25.8 Å². The Morgan fingerprint density at radius 1 is 1.53 bits per heavy atom. The van der Waals surface area contributed by atoms with Crippen LogP contribution >= 0.6 is 0 Å². The average Bonchev–Trinajstić information content (AvgIpc) is 3.09. The SMILES string of the molecule is Cc1cc(C(=O)N2CCC[C@@H](n3cncn3)C2)n[nH]1. The summed E-state index contributed by atoms with van der Waals surface area (Å²) >= 11 is 0. The van der Waals surface area contributed by atoms with Crippen molar-refractivity contribution < 1.29 is 4.79 Å². The molecule has 0 aromatic carbocycles. The lowest BCUT2D eigenvalue weighted by molar-refractivity contribution is 0.0666. The van der Waals surface area contributed by atoms with Crippen molar-refractivity contribution in [2.45, 2.75) is 25.8 Å². The second kappa shape index (κ2) is 4.83. The molecule has 1 aliphatic heterocycles.